The number of nitrogens with zero attached hydrogens (tertiary/aromatic N) is 2. The Labute approximate surface area is 80.1 Å². The molecule has 4 nitrogen and oxygen atoms in total. The smallest absolute Gasteiger partial charge is 0.357 e. The number of para-hydroxylation sites is 1. The fraction of sp³-hybridized carbons (Fsp3) is 0. The van der Waals surface area contributed by atoms with Crippen LogP contribution >= 0.6 is 0 Å². The van der Waals surface area contributed by atoms with Crippen molar-refractivity contribution in [2.45, 2.75) is 0 Å². The van der Waals surface area contributed by atoms with E-state index >= 15 is 0 Å². The molecule has 0 aliphatic rings. The highest BCUT2D eigenvalue weighted by molar-refractivity contribution is 6.01. The lowest BCUT2D eigenvalue weighted by Crippen LogP contribution is -1.98. The molecule has 0 spiro atoms. The Morgan fingerprint density at radius 1 is 1.50 bits per heavy atom. The fourth-order valence-electron chi connectivity index (χ4n) is 1.39. The molecule has 0 aliphatic carbocycles. The second-order valence-corrected chi connectivity index (χ2v) is 2.80. The number of rotatable bonds is 2. The van der Waals surface area contributed by atoms with Crippen molar-refractivity contribution in [2.75, 3.05) is 0 Å². The van der Waals surface area contributed by atoms with Crippen LogP contribution < -0.4 is 0 Å². The first kappa shape index (κ1) is 8.50. The summed E-state index contributed by atoms with van der Waals surface area (Å²) in [5.74, 6) is -1.03. The van der Waals surface area contributed by atoms with E-state index in [0.717, 1.165) is 5.52 Å². The molecule has 70 valence electrons. The third kappa shape index (κ3) is 1.08. The summed E-state index contributed by atoms with van der Waals surface area (Å²) in [7, 11) is 0. The van der Waals surface area contributed by atoms with Gasteiger partial charge in [0.2, 0.25) is 0 Å². The minimum atomic E-state index is -1.03. The molecule has 4 heteroatoms. The molecule has 0 saturated carbocycles. The lowest BCUT2D eigenvalue weighted by atomic mass is 10.2. The van der Waals surface area contributed by atoms with Gasteiger partial charge in [-0.3, -0.25) is 0 Å². The number of carbonyl (C=O) groups is 1. The Morgan fingerprint density at radius 3 is 2.86 bits per heavy atom. The summed E-state index contributed by atoms with van der Waals surface area (Å²) in [5, 5.41) is 13.4. The van der Waals surface area contributed by atoms with Gasteiger partial charge in [-0.25, -0.2) is 9.48 Å². The van der Waals surface area contributed by atoms with Crippen molar-refractivity contribution in [3.05, 3.63) is 36.5 Å². The van der Waals surface area contributed by atoms with Crippen LogP contribution in [0.2, 0.25) is 0 Å². The van der Waals surface area contributed by atoms with Crippen molar-refractivity contribution in [1.82, 2.24) is 9.78 Å². The quantitative estimate of drug-likeness (QED) is 0.782. The molecule has 0 bridgehead atoms. The maximum absolute atomic E-state index is 10.8. The van der Waals surface area contributed by atoms with Crippen LogP contribution in [0.5, 0.6) is 0 Å². The molecular formula is C10H8N2O2. The van der Waals surface area contributed by atoms with Gasteiger partial charge in [-0.05, 0) is 6.07 Å². The molecule has 0 amide bonds. The Balaban J connectivity index is 2.86. The number of hydrogen-bond acceptors (Lipinski definition) is 2. The molecule has 1 N–H and O–H groups in total. The Morgan fingerprint density at radius 2 is 2.21 bits per heavy atom. The second-order valence-electron chi connectivity index (χ2n) is 2.80. The number of carboxylic acids is 1. The minimum Gasteiger partial charge on any atom is -0.476 e. The highest BCUT2D eigenvalue weighted by Gasteiger charge is 2.13. The van der Waals surface area contributed by atoms with E-state index in [1.807, 2.05) is 6.07 Å². The van der Waals surface area contributed by atoms with E-state index in [0.29, 0.717) is 5.39 Å². The lowest BCUT2D eigenvalue weighted by molar-refractivity contribution is 0.0692. The number of fused-ring (bicyclic) bond motifs is 1. The number of hydrogen-bond donors (Lipinski definition) is 1. The van der Waals surface area contributed by atoms with Gasteiger partial charge in [-0.15, -0.1) is 0 Å². The molecule has 0 aliphatic heterocycles. The molecule has 0 saturated heterocycles. The second kappa shape index (κ2) is 2.99. The van der Waals surface area contributed by atoms with Gasteiger partial charge in [0.25, 0.3) is 0 Å². The van der Waals surface area contributed by atoms with E-state index in [-0.39, 0.29) is 5.69 Å². The minimum absolute atomic E-state index is 0.0560. The van der Waals surface area contributed by atoms with Crippen molar-refractivity contribution in [3.63, 3.8) is 0 Å². The van der Waals surface area contributed by atoms with Crippen LogP contribution in [-0.2, 0) is 0 Å². The highest BCUT2D eigenvalue weighted by atomic mass is 16.4. The Kier molecular flexibility index (Phi) is 1.81. The summed E-state index contributed by atoms with van der Waals surface area (Å²) in [6, 6.07) is 7.14. The Bertz CT molecular complexity index is 514. The van der Waals surface area contributed by atoms with Crippen molar-refractivity contribution in [3.8, 4) is 0 Å². The third-order valence-electron chi connectivity index (χ3n) is 1.99. The summed E-state index contributed by atoms with van der Waals surface area (Å²) in [4.78, 5) is 10.8. The highest BCUT2D eigenvalue weighted by Crippen LogP contribution is 2.18. The first-order valence-electron chi connectivity index (χ1n) is 4.07. The maximum Gasteiger partial charge on any atom is 0.357 e. The number of aromatic nitrogens is 2. The molecule has 14 heavy (non-hydrogen) atoms. The van der Waals surface area contributed by atoms with E-state index in [1.54, 1.807) is 18.2 Å². The summed E-state index contributed by atoms with van der Waals surface area (Å²) in [5.41, 5.74) is 0.806. The van der Waals surface area contributed by atoms with Crippen molar-refractivity contribution in [2.24, 2.45) is 0 Å². The normalized spacial score (nSPS) is 10.3. The van der Waals surface area contributed by atoms with Crippen LogP contribution in [0.3, 0.4) is 0 Å². The van der Waals surface area contributed by atoms with E-state index in [1.165, 1.54) is 10.9 Å². The molecule has 1 aromatic heterocycles. The summed E-state index contributed by atoms with van der Waals surface area (Å²) in [6.45, 7) is 3.56. The molecule has 0 unspecified atom stereocenters. The van der Waals surface area contributed by atoms with Gasteiger partial charge < -0.3 is 5.11 Å². The van der Waals surface area contributed by atoms with E-state index < -0.39 is 5.97 Å². The zero-order chi connectivity index (χ0) is 10.1. The van der Waals surface area contributed by atoms with Crippen molar-refractivity contribution in [1.29, 1.82) is 0 Å². The monoisotopic (exact) mass is 188 g/mol. The lowest BCUT2D eigenvalue weighted by Gasteiger charge is -1.91. The fourth-order valence-corrected chi connectivity index (χ4v) is 1.39. The SMILES string of the molecule is C=Cn1nc(C(=O)O)c2ccccc21. The molecule has 0 fully saturated rings. The van der Waals surface area contributed by atoms with E-state index in [9.17, 15) is 4.79 Å². The standard InChI is InChI=1S/C10H8N2O2/c1-2-12-8-6-4-3-5-7(8)9(11-12)10(13)14/h2-6H,1H2,(H,13,14). The molecule has 1 aromatic carbocycles. The van der Waals surface area contributed by atoms with Gasteiger partial charge in [-0.2, -0.15) is 5.10 Å². The van der Waals surface area contributed by atoms with Crippen LogP contribution in [0.4, 0.5) is 0 Å². The van der Waals surface area contributed by atoms with Gasteiger partial charge in [-0.1, -0.05) is 24.8 Å². The summed E-state index contributed by atoms with van der Waals surface area (Å²) in [6.07, 6.45) is 1.48. The number of carboxylic acid groups (broad SMARTS) is 1. The van der Waals surface area contributed by atoms with E-state index in [2.05, 4.69) is 11.7 Å². The molecular weight excluding hydrogens is 180 g/mol. The van der Waals surface area contributed by atoms with Crippen LogP contribution in [-0.4, -0.2) is 20.9 Å². The predicted octanol–water partition coefficient (Wildman–Crippen LogP) is 1.83. The topological polar surface area (TPSA) is 55.1 Å². The number of aromatic carboxylic acids is 1. The maximum atomic E-state index is 10.8. The van der Waals surface area contributed by atoms with Gasteiger partial charge in [0.05, 0.1) is 5.52 Å². The third-order valence-corrected chi connectivity index (χ3v) is 1.99. The first-order chi connectivity index (χ1) is 6.74. The summed E-state index contributed by atoms with van der Waals surface area (Å²) >= 11 is 0. The van der Waals surface area contributed by atoms with Gasteiger partial charge in [0, 0.05) is 11.6 Å². The first-order valence-corrected chi connectivity index (χ1v) is 4.07. The zero-order valence-electron chi connectivity index (χ0n) is 7.34. The van der Waals surface area contributed by atoms with Crippen LogP contribution in [0.1, 0.15) is 10.5 Å². The average molecular weight is 188 g/mol. The van der Waals surface area contributed by atoms with Crippen LogP contribution in [0.25, 0.3) is 17.1 Å². The van der Waals surface area contributed by atoms with Crippen molar-refractivity contribution >= 4 is 23.1 Å². The zero-order valence-corrected chi connectivity index (χ0v) is 7.34. The number of benzene rings is 1. The van der Waals surface area contributed by atoms with Gasteiger partial charge in [0.1, 0.15) is 0 Å². The summed E-state index contributed by atoms with van der Waals surface area (Å²) < 4.78 is 1.46. The molecule has 1 heterocycles. The van der Waals surface area contributed by atoms with Crippen molar-refractivity contribution < 1.29 is 9.90 Å². The average Bonchev–Trinajstić information content (AvgIpc) is 2.56. The predicted molar refractivity (Wildman–Crippen MR) is 53.1 cm³/mol. The molecule has 0 atom stereocenters. The largest absolute Gasteiger partial charge is 0.476 e. The Hall–Kier alpha value is -2.10. The molecule has 2 aromatic rings. The molecule has 0 radical (unpaired) electrons. The van der Waals surface area contributed by atoms with Gasteiger partial charge >= 0.3 is 5.97 Å². The van der Waals surface area contributed by atoms with Crippen LogP contribution in [0.15, 0.2) is 30.8 Å². The van der Waals surface area contributed by atoms with E-state index in [4.69, 9.17) is 5.11 Å². The van der Waals surface area contributed by atoms with Gasteiger partial charge in [0.15, 0.2) is 5.69 Å². The van der Waals surface area contributed by atoms with Crippen LogP contribution in [0, 0.1) is 0 Å². The molecule has 2 rings (SSSR count).